The molecular weight excluding hydrogens is 432 g/mol. The third kappa shape index (κ3) is 3.77. The van der Waals surface area contributed by atoms with Gasteiger partial charge in [0.2, 0.25) is 5.88 Å². The van der Waals surface area contributed by atoms with Crippen molar-refractivity contribution in [3.05, 3.63) is 88.7 Å². The molecule has 172 valence electrons. The summed E-state index contributed by atoms with van der Waals surface area (Å²) >= 11 is 0. The first-order valence-electron chi connectivity index (χ1n) is 10.9. The summed E-state index contributed by atoms with van der Waals surface area (Å²) in [5.74, 6) is 2.69. The standard InChI is InChI=1S/C26H24N4O4/c1-15(31)22-16(2)34-26-24(23(22)18-7-11-20(33-4)12-8-18)25-28-21(29-30(25)14-27-26)13-17-5-9-19(32-3)10-6-17/h5-12,14,23H,13H2,1-4H3/t23-/m1/s1. The molecular formula is C26H24N4O4. The molecule has 4 aromatic rings. The molecule has 0 aliphatic carbocycles. The zero-order valence-electron chi connectivity index (χ0n) is 19.4. The van der Waals surface area contributed by atoms with Crippen LogP contribution in [0.5, 0.6) is 17.4 Å². The molecule has 5 rings (SSSR count). The number of aromatic nitrogens is 4. The number of Topliss-reactive ketones (excluding diaryl/α,β-unsaturated/α-hetero) is 1. The molecule has 0 radical (unpaired) electrons. The number of ketones is 1. The Balaban J connectivity index is 1.63. The molecule has 3 heterocycles. The quantitative estimate of drug-likeness (QED) is 0.431. The van der Waals surface area contributed by atoms with E-state index in [0.29, 0.717) is 35.1 Å². The Morgan fingerprint density at radius 1 is 1.03 bits per heavy atom. The smallest absolute Gasteiger partial charge is 0.228 e. The van der Waals surface area contributed by atoms with Crippen molar-refractivity contribution < 1.29 is 19.0 Å². The van der Waals surface area contributed by atoms with E-state index in [4.69, 9.17) is 19.2 Å². The first kappa shape index (κ1) is 21.6. The fourth-order valence-electron chi connectivity index (χ4n) is 4.37. The molecule has 1 atom stereocenters. The minimum atomic E-state index is -0.388. The third-order valence-corrected chi connectivity index (χ3v) is 5.99. The van der Waals surface area contributed by atoms with Gasteiger partial charge in [-0.3, -0.25) is 4.79 Å². The Morgan fingerprint density at radius 2 is 1.68 bits per heavy atom. The van der Waals surface area contributed by atoms with Crippen LogP contribution in [0.15, 0.2) is 66.2 Å². The van der Waals surface area contributed by atoms with E-state index >= 15 is 0 Å². The van der Waals surface area contributed by atoms with Crippen LogP contribution in [-0.2, 0) is 11.2 Å². The minimum absolute atomic E-state index is 0.0658. The van der Waals surface area contributed by atoms with E-state index < -0.39 is 0 Å². The van der Waals surface area contributed by atoms with Gasteiger partial charge in [-0.15, -0.1) is 5.10 Å². The van der Waals surface area contributed by atoms with Gasteiger partial charge in [0.25, 0.3) is 0 Å². The third-order valence-electron chi connectivity index (χ3n) is 5.99. The molecule has 2 aromatic carbocycles. The summed E-state index contributed by atoms with van der Waals surface area (Å²) in [6.45, 7) is 3.34. The lowest BCUT2D eigenvalue weighted by atomic mass is 9.82. The van der Waals surface area contributed by atoms with Crippen molar-refractivity contribution >= 4 is 11.4 Å². The van der Waals surface area contributed by atoms with Crippen LogP contribution < -0.4 is 14.2 Å². The Bertz CT molecular complexity index is 1410. The highest BCUT2D eigenvalue weighted by atomic mass is 16.5. The maximum atomic E-state index is 12.7. The number of methoxy groups -OCH3 is 2. The van der Waals surface area contributed by atoms with E-state index in [9.17, 15) is 4.79 Å². The van der Waals surface area contributed by atoms with E-state index in [-0.39, 0.29) is 11.7 Å². The molecule has 0 unspecified atom stereocenters. The summed E-state index contributed by atoms with van der Waals surface area (Å²) in [4.78, 5) is 22.1. The molecule has 8 nitrogen and oxygen atoms in total. The molecule has 0 fully saturated rings. The summed E-state index contributed by atoms with van der Waals surface area (Å²) in [7, 11) is 3.26. The van der Waals surface area contributed by atoms with E-state index in [1.54, 1.807) is 38.9 Å². The van der Waals surface area contributed by atoms with Crippen molar-refractivity contribution in [1.29, 1.82) is 0 Å². The molecule has 34 heavy (non-hydrogen) atoms. The first-order valence-corrected chi connectivity index (χ1v) is 10.9. The molecule has 0 spiro atoms. The summed E-state index contributed by atoms with van der Waals surface area (Å²) < 4.78 is 18.2. The second kappa shape index (κ2) is 8.62. The van der Waals surface area contributed by atoms with Crippen molar-refractivity contribution in [1.82, 2.24) is 19.6 Å². The summed E-state index contributed by atoms with van der Waals surface area (Å²) in [6, 6.07) is 15.5. The van der Waals surface area contributed by atoms with Crippen LogP contribution in [0.4, 0.5) is 0 Å². The van der Waals surface area contributed by atoms with Gasteiger partial charge in [-0.1, -0.05) is 24.3 Å². The second-order valence-electron chi connectivity index (χ2n) is 8.12. The van der Waals surface area contributed by atoms with Crippen LogP contribution in [0.1, 0.15) is 42.3 Å². The highest BCUT2D eigenvalue weighted by Crippen LogP contribution is 2.44. The van der Waals surface area contributed by atoms with Gasteiger partial charge in [-0.2, -0.15) is 0 Å². The molecule has 0 bridgehead atoms. The number of fused-ring (bicyclic) bond motifs is 3. The lowest BCUT2D eigenvalue weighted by molar-refractivity contribution is -0.114. The SMILES string of the molecule is COc1ccc(Cc2nc3c4c(ncn3n2)OC(C)=C(C(C)=O)[C@H]4c2ccc(OC)cc2)cc1. The van der Waals surface area contributed by atoms with E-state index in [1.165, 1.54) is 0 Å². The number of hydrogen-bond acceptors (Lipinski definition) is 7. The Hall–Kier alpha value is -4.20. The van der Waals surface area contributed by atoms with Gasteiger partial charge in [-0.05, 0) is 49.2 Å². The van der Waals surface area contributed by atoms with Gasteiger partial charge in [0.05, 0.1) is 19.8 Å². The lowest BCUT2D eigenvalue weighted by Crippen LogP contribution is -2.22. The number of hydrogen-bond donors (Lipinski definition) is 0. The number of rotatable bonds is 6. The van der Waals surface area contributed by atoms with Gasteiger partial charge in [-0.25, -0.2) is 14.5 Å². The average Bonchev–Trinajstić information content (AvgIpc) is 3.26. The molecule has 0 amide bonds. The van der Waals surface area contributed by atoms with Crippen LogP contribution in [0.25, 0.3) is 5.65 Å². The van der Waals surface area contributed by atoms with E-state index in [0.717, 1.165) is 28.2 Å². The minimum Gasteiger partial charge on any atom is -0.497 e. The number of ether oxygens (including phenoxy) is 3. The molecule has 1 aliphatic heterocycles. The Morgan fingerprint density at radius 3 is 2.29 bits per heavy atom. The molecule has 1 aliphatic rings. The molecule has 0 saturated carbocycles. The van der Waals surface area contributed by atoms with Crippen molar-refractivity contribution in [2.24, 2.45) is 0 Å². The van der Waals surface area contributed by atoms with Gasteiger partial charge in [0.1, 0.15) is 23.6 Å². The van der Waals surface area contributed by atoms with Crippen molar-refractivity contribution in [2.75, 3.05) is 14.2 Å². The van der Waals surface area contributed by atoms with E-state index in [2.05, 4.69) is 10.1 Å². The van der Waals surface area contributed by atoms with E-state index in [1.807, 2.05) is 48.5 Å². The molecule has 8 heteroatoms. The zero-order chi connectivity index (χ0) is 23.8. The van der Waals surface area contributed by atoms with Gasteiger partial charge < -0.3 is 14.2 Å². The fraction of sp³-hybridized carbons (Fsp3) is 0.231. The average molecular weight is 457 g/mol. The van der Waals surface area contributed by atoms with Crippen LogP contribution in [0.2, 0.25) is 0 Å². The number of carbonyl (C=O) groups is 1. The summed E-state index contributed by atoms with van der Waals surface area (Å²) in [5, 5.41) is 4.64. The highest BCUT2D eigenvalue weighted by molar-refractivity contribution is 5.97. The van der Waals surface area contributed by atoms with Gasteiger partial charge in [0, 0.05) is 17.9 Å². The predicted octanol–water partition coefficient (Wildman–Crippen LogP) is 4.12. The number of nitrogens with zero attached hydrogens (tertiary/aromatic N) is 4. The second-order valence-corrected chi connectivity index (χ2v) is 8.12. The first-order chi connectivity index (χ1) is 16.5. The fourth-order valence-corrected chi connectivity index (χ4v) is 4.37. The topological polar surface area (TPSA) is 87.8 Å². The maximum Gasteiger partial charge on any atom is 0.228 e. The predicted molar refractivity (Wildman–Crippen MR) is 125 cm³/mol. The number of benzene rings is 2. The van der Waals surface area contributed by atoms with Crippen molar-refractivity contribution in [3.63, 3.8) is 0 Å². The van der Waals surface area contributed by atoms with Gasteiger partial charge in [0.15, 0.2) is 17.3 Å². The van der Waals surface area contributed by atoms with Crippen LogP contribution in [-0.4, -0.2) is 39.6 Å². The zero-order valence-corrected chi connectivity index (χ0v) is 19.4. The number of carbonyl (C=O) groups excluding carboxylic acids is 1. The Kier molecular flexibility index (Phi) is 5.49. The Labute approximate surface area is 196 Å². The summed E-state index contributed by atoms with van der Waals surface area (Å²) in [5.41, 5.74) is 3.89. The molecule has 0 N–H and O–H groups in total. The molecule has 2 aromatic heterocycles. The van der Waals surface area contributed by atoms with Gasteiger partial charge >= 0.3 is 0 Å². The molecule has 0 saturated heterocycles. The van der Waals surface area contributed by atoms with Crippen molar-refractivity contribution in [2.45, 2.75) is 26.2 Å². The normalized spacial score (nSPS) is 15.1. The highest BCUT2D eigenvalue weighted by Gasteiger charge is 2.36. The monoisotopic (exact) mass is 456 g/mol. The number of allylic oxidation sites excluding steroid dienone is 2. The summed E-state index contributed by atoms with van der Waals surface area (Å²) in [6.07, 6.45) is 2.14. The largest absolute Gasteiger partial charge is 0.497 e. The van der Waals surface area contributed by atoms with Crippen molar-refractivity contribution in [3.8, 4) is 17.4 Å². The van der Waals surface area contributed by atoms with Crippen LogP contribution in [0.3, 0.4) is 0 Å². The van der Waals surface area contributed by atoms with Crippen LogP contribution >= 0.6 is 0 Å². The maximum absolute atomic E-state index is 12.7. The van der Waals surface area contributed by atoms with Crippen LogP contribution in [0, 0.1) is 0 Å². The lowest BCUT2D eigenvalue weighted by Gasteiger charge is -2.28.